The summed E-state index contributed by atoms with van der Waals surface area (Å²) in [5, 5.41) is 21.8. The lowest BCUT2D eigenvalue weighted by atomic mass is 10.3. The van der Waals surface area contributed by atoms with E-state index in [4.69, 9.17) is 5.11 Å². The van der Waals surface area contributed by atoms with Gasteiger partial charge in [0.15, 0.2) is 0 Å². The number of hydrogen-bond donors (Lipinski definition) is 3. The fourth-order valence-corrected chi connectivity index (χ4v) is 2.02. The van der Waals surface area contributed by atoms with E-state index in [-0.39, 0.29) is 29.4 Å². The van der Waals surface area contributed by atoms with Crippen LogP contribution in [-0.2, 0) is 18.4 Å². The molecule has 0 saturated carbocycles. The number of amides is 2. The molecule has 2 aromatic heterocycles. The van der Waals surface area contributed by atoms with Gasteiger partial charge in [0.1, 0.15) is 12.2 Å². The highest BCUT2D eigenvalue weighted by molar-refractivity contribution is 6.08. The molecule has 0 aliphatic heterocycles. The van der Waals surface area contributed by atoms with Gasteiger partial charge in [-0.05, 0) is 6.42 Å². The Labute approximate surface area is 137 Å². The molecule has 128 valence electrons. The smallest absolute Gasteiger partial charge is 0.325 e. The van der Waals surface area contributed by atoms with Gasteiger partial charge in [0.05, 0.1) is 23.6 Å². The van der Waals surface area contributed by atoms with Gasteiger partial charge in [-0.1, -0.05) is 6.92 Å². The lowest BCUT2D eigenvalue weighted by Crippen LogP contribution is -2.27. The van der Waals surface area contributed by atoms with E-state index in [1.54, 1.807) is 7.05 Å². The molecule has 10 heteroatoms. The predicted molar refractivity (Wildman–Crippen MR) is 83.6 cm³/mol. The van der Waals surface area contributed by atoms with Crippen molar-refractivity contribution in [1.29, 1.82) is 0 Å². The number of carboxylic acid groups (broad SMARTS) is 1. The molecular formula is C14H18N6O4. The molecule has 0 aromatic carbocycles. The van der Waals surface area contributed by atoms with Gasteiger partial charge in [-0.2, -0.15) is 10.2 Å². The second-order valence-corrected chi connectivity index (χ2v) is 5.06. The molecule has 0 bridgehead atoms. The lowest BCUT2D eigenvalue weighted by molar-refractivity contribution is -0.137. The zero-order chi connectivity index (χ0) is 17.7. The Kier molecular flexibility index (Phi) is 5.30. The van der Waals surface area contributed by atoms with Crippen molar-refractivity contribution in [2.24, 2.45) is 7.05 Å². The third-order valence-corrected chi connectivity index (χ3v) is 3.13. The van der Waals surface area contributed by atoms with Crippen LogP contribution in [0.3, 0.4) is 0 Å². The van der Waals surface area contributed by atoms with Crippen molar-refractivity contribution < 1.29 is 19.5 Å². The van der Waals surface area contributed by atoms with Crippen LogP contribution in [0.15, 0.2) is 18.6 Å². The molecule has 0 aliphatic carbocycles. The number of aliphatic carboxylic acids is 1. The molecule has 0 unspecified atom stereocenters. The monoisotopic (exact) mass is 334 g/mol. The van der Waals surface area contributed by atoms with Crippen molar-refractivity contribution in [2.75, 3.05) is 11.9 Å². The topological polar surface area (TPSA) is 131 Å². The molecule has 3 N–H and O–H groups in total. The van der Waals surface area contributed by atoms with Crippen LogP contribution in [0, 0.1) is 0 Å². The van der Waals surface area contributed by atoms with Gasteiger partial charge >= 0.3 is 5.97 Å². The number of nitrogens with one attached hydrogen (secondary N) is 2. The van der Waals surface area contributed by atoms with Gasteiger partial charge in [0.2, 0.25) is 0 Å². The number of hydrogen-bond acceptors (Lipinski definition) is 5. The number of carbonyl (C=O) groups excluding carboxylic acids is 2. The summed E-state index contributed by atoms with van der Waals surface area (Å²) in [4.78, 5) is 35.0. The number of carbonyl (C=O) groups is 3. The number of anilines is 1. The molecule has 0 atom stereocenters. The highest BCUT2D eigenvalue weighted by Crippen LogP contribution is 2.15. The van der Waals surface area contributed by atoms with Crippen molar-refractivity contribution in [1.82, 2.24) is 24.9 Å². The summed E-state index contributed by atoms with van der Waals surface area (Å²) in [7, 11) is 1.60. The Bertz CT molecular complexity index is 763. The van der Waals surface area contributed by atoms with E-state index >= 15 is 0 Å². The van der Waals surface area contributed by atoms with Gasteiger partial charge in [-0.15, -0.1) is 0 Å². The maximum Gasteiger partial charge on any atom is 0.325 e. The molecular weight excluding hydrogens is 316 g/mol. The summed E-state index contributed by atoms with van der Waals surface area (Å²) in [5.41, 5.74) is 0.678. The van der Waals surface area contributed by atoms with Crippen LogP contribution in [-0.4, -0.2) is 49.0 Å². The molecule has 0 spiro atoms. The third kappa shape index (κ3) is 3.97. The molecule has 0 saturated heterocycles. The minimum absolute atomic E-state index is 0.181. The second kappa shape index (κ2) is 7.40. The van der Waals surface area contributed by atoms with E-state index in [0.29, 0.717) is 6.54 Å². The molecule has 2 aromatic rings. The van der Waals surface area contributed by atoms with Gasteiger partial charge < -0.3 is 15.7 Å². The van der Waals surface area contributed by atoms with Crippen molar-refractivity contribution >= 4 is 23.5 Å². The Morgan fingerprint density at radius 1 is 1.21 bits per heavy atom. The van der Waals surface area contributed by atoms with Crippen LogP contribution >= 0.6 is 0 Å². The standard InChI is InChI=1S/C14H18N6O4/c1-3-4-15-14(24)12-10(6-16-19(12)2)18-13(23)9-5-17-20(7-9)8-11(21)22/h5-7H,3-4,8H2,1-2H3,(H,15,24)(H,18,23)(H,21,22). The summed E-state index contributed by atoms with van der Waals surface area (Å²) in [5.74, 6) is -1.91. The van der Waals surface area contributed by atoms with Crippen LogP contribution in [0.2, 0.25) is 0 Å². The van der Waals surface area contributed by atoms with E-state index in [2.05, 4.69) is 20.8 Å². The molecule has 2 amide bonds. The van der Waals surface area contributed by atoms with Crippen LogP contribution in [0.4, 0.5) is 5.69 Å². The van der Waals surface area contributed by atoms with E-state index in [0.717, 1.165) is 11.1 Å². The molecule has 24 heavy (non-hydrogen) atoms. The SMILES string of the molecule is CCCNC(=O)c1c(NC(=O)c2cnn(CC(=O)O)c2)cnn1C. The number of nitrogens with zero attached hydrogens (tertiary/aromatic N) is 4. The van der Waals surface area contributed by atoms with Crippen LogP contribution in [0.5, 0.6) is 0 Å². The first-order valence-corrected chi connectivity index (χ1v) is 7.28. The average molecular weight is 334 g/mol. The van der Waals surface area contributed by atoms with Gasteiger partial charge in [-0.25, -0.2) is 0 Å². The maximum atomic E-state index is 12.2. The number of rotatable bonds is 7. The van der Waals surface area contributed by atoms with Gasteiger partial charge in [0, 0.05) is 19.8 Å². The molecule has 0 radical (unpaired) electrons. The first kappa shape index (κ1) is 17.2. The summed E-state index contributed by atoms with van der Waals surface area (Å²) in [6.07, 6.45) is 4.73. The molecule has 2 heterocycles. The van der Waals surface area contributed by atoms with E-state index < -0.39 is 11.9 Å². The van der Waals surface area contributed by atoms with Crippen molar-refractivity contribution in [3.05, 3.63) is 29.8 Å². The van der Waals surface area contributed by atoms with Crippen LogP contribution < -0.4 is 10.6 Å². The summed E-state index contributed by atoms with van der Waals surface area (Å²) >= 11 is 0. The first-order valence-electron chi connectivity index (χ1n) is 7.28. The Morgan fingerprint density at radius 3 is 2.62 bits per heavy atom. The quantitative estimate of drug-likeness (QED) is 0.658. The molecule has 0 aliphatic rings. The number of aromatic nitrogens is 4. The third-order valence-electron chi connectivity index (χ3n) is 3.13. The normalized spacial score (nSPS) is 10.4. The lowest BCUT2D eigenvalue weighted by Gasteiger charge is -2.07. The van der Waals surface area contributed by atoms with Crippen molar-refractivity contribution in [2.45, 2.75) is 19.9 Å². The largest absolute Gasteiger partial charge is 0.480 e. The van der Waals surface area contributed by atoms with E-state index in [9.17, 15) is 14.4 Å². The Balaban J connectivity index is 2.13. The van der Waals surface area contributed by atoms with Crippen molar-refractivity contribution in [3.8, 4) is 0 Å². The van der Waals surface area contributed by atoms with Crippen molar-refractivity contribution in [3.63, 3.8) is 0 Å². The fraction of sp³-hybridized carbons (Fsp3) is 0.357. The minimum atomic E-state index is -1.06. The summed E-state index contributed by atoms with van der Waals surface area (Å²) < 4.78 is 2.50. The number of aryl methyl sites for hydroxylation is 1. The molecule has 0 fully saturated rings. The van der Waals surface area contributed by atoms with Gasteiger partial charge in [0.25, 0.3) is 11.8 Å². The minimum Gasteiger partial charge on any atom is -0.480 e. The summed E-state index contributed by atoms with van der Waals surface area (Å²) in [6, 6.07) is 0. The fourth-order valence-electron chi connectivity index (χ4n) is 2.02. The van der Waals surface area contributed by atoms with E-state index in [1.165, 1.54) is 23.3 Å². The second-order valence-electron chi connectivity index (χ2n) is 5.06. The average Bonchev–Trinajstić information content (AvgIpc) is 3.11. The highest BCUT2D eigenvalue weighted by Gasteiger charge is 2.19. The molecule has 2 rings (SSSR count). The van der Waals surface area contributed by atoms with E-state index in [1.807, 2.05) is 6.92 Å². The van der Waals surface area contributed by atoms with Crippen LogP contribution in [0.25, 0.3) is 0 Å². The Hall–Kier alpha value is -3.17. The zero-order valence-electron chi connectivity index (χ0n) is 13.3. The predicted octanol–water partition coefficient (Wildman–Crippen LogP) is 0.0933. The maximum absolute atomic E-state index is 12.2. The first-order chi connectivity index (χ1) is 11.4. The summed E-state index contributed by atoms with van der Waals surface area (Å²) in [6.45, 7) is 2.10. The van der Waals surface area contributed by atoms with Crippen LogP contribution in [0.1, 0.15) is 34.2 Å². The van der Waals surface area contributed by atoms with Gasteiger partial charge in [-0.3, -0.25) is 23.7 Å². The zero-order valence-corrected chi connectivity index (χ0v) is 13.3. The molecule has 10 nitrogen and oxygen atoms in total. The number of carboxylic acids is 1. The highest BCUT2D eigenvalue weighted by atomic mass is 16.4. The Morgan fingerprint density at radius 2 is 1.96 bits per heavy atom.